The predicted molar refractivity (Wildman–Crippen MR) is 86.8 cm³/mol. The number of thioether (sulfide) groups is 1. The number of benzene rings is 2. The summed E-state index contributed by atoms with van der Waals surface area (Å²) in [7, 11) is 0. The number of aryl methyl sites for hydroxylation is 3. The summed E-state index contributed by atoms with van der Waals surface area (Å²) in [6.07, 6.45) is 2.02. The van der Waals surface area contributed by atoms with Gasteiger partial charge in [0.2, 0.25) is 0 Å². The second-order valence-corrected chi connectivity index (χ2v) is 5.82. The molecule has 3 heteroatoms. The van der Waals surface area contributed by atoms with Crippen LogP contribution in [0.1, 0.15) is 27.0 Å². The molecule has 0 aliphatic rings. The Morgan fingerprint density at radius 3 is 2.40 bits per heavy atom. The summed E-state index contributed by atoms with van der Waals surface area (Å²) >= 11 is 1.66. The first-order chi connectivity index (χ1) is 9.51. The number of anilines is 1. The largest absolute Gasteiger partial charge is 0.322 e. The molecule has 0 aliphatic heterocycles. The van der Waals surface area contributed by atoms with Crippen LogP contribution in [0.4, 0.5) is 5.69 Å². The van der Waals surface area contributed by atoms with E-state index in [0.29, 0.717) is 0 Å². The van der Waals surface area contributed by atoms with Gasteiger partial charge in [-0.15, -0.1) is 11.8 Å². The molecule has 0 aliphatic carbocycles. The van der Waals surface area contributed by atoms with Crippen molar-refractivity contribution in [2.45, 2.75) is 25.7 Å². The van der Waals surface area contributed by atoms with Crippen molar-refractivity contribution in [3.8, 4) is 0 Å². The van der Waals surface area contributed by atoms with E-state index in [1.54, 1.807) is 11.8 Å². The second-order valence-electron chi connectivity index (χ2n) is 4.94. The minimum absolute atomic E-state index is 0.0520. The van der Waals surface area contributed by atoms with E-state index in [-0.39, 0.29) is 5.91 Å². The van der Waals surface area contributed by atoms with Gasteiger partial charge in [-0.1, -0.05) is 12.1 Å². The number of carbonyl (C=O) groups excluding carboxylic acids is 1. The zero-order valence-electron chi connectivity index (χ0n) is 12.3. The van der Waals surface area contributed by atoms with Crippen molar-refractivity contribution < 1.29 is 4.79 Å². The summed E-state index contributed by atoms with van der Waals surface area (Å²) in [6.45, 7) is 6.06. The van der Waals surface area contributed by atoms with Crippen LogP contribution >= 0.6 is 11.8 Å². The van der Waals surface area contributed by atoms with E-state index in [9.17, 15) is 4.79 Å². The van der Waals surface area contributed by atoms with E-state index >= 15 is 0 Å². The first-order valence-electron chi connectivity index (χ1n) is 6.54. The highest BCUT2D eigenvalue weighted by molar-refractivity contribution is 7.98. The molecular weight excluding hydrogens is 266 g/mol. The van der Waals surface area contributed by atoms with Gasteiger partial charge in [0, 0.05) is 16.1 Å². The van der Waals surface area contributed by atoms with Gasteiger partial charge >= 0.3 is 0 Å². The quantitative estimate of drug-likeness (QED) is 0.836. The Balaban J connectivity index is 2.26. The lowest BCUT2D eigenvalue weighted by Gasteiger charge is -2.11. The minimum Gasteiger partial charge on any atom is -0.322 e. The smallest absolute Gasteiger partial charge is 0.255 e. The van der Waals surface area contributed by atoms with Crippen LogP contribution in [0.25, 0.3) is 0 Å². The molecule has 2 rings (SSSR count). The monoisotopic (exact) mass is 285 g/mol. The van der Waals surface area contributed by atoms with Crippen LogP contribution in [0.5, 0.6) is 0 Å². The second kappa shape index (κ2) is 6.14. The van der Waals surface area contributed by atoms with Gasteiger partial charge in [0.05, 0.1) is 0 Å². The van der Waals surface area contributed by atoms with Crippen molar-refractivity contribution in [1.29, 1.82) is 0 Å². The Hall–Kier alpha value is -1.74. The standard InChI is InChI=1S/C17H19NOS/c1-11-8-13(3)16(9-12(11)2)17(19)18-14-6-5-7-15(10-14)20-4/h5-10H,1-4H3,(H,18,19). The highest BCUT2D eigenvalue weighted by Gasteiger charge is 2.11. The first kappa shape index (κ1) is 14.7. The third-order valence-corrected chi connectivity index (χ3v) is 4.14. The first-order valence-corrected chi connectivity index (χ1v) is 7.77. The molecule has 0 fully saturated rings. The molecule has 0 saturated heterocycles. The summed E-state index contributed by atoms with van der Waals surface area (Å²) in [4.78, 5) is 13.5. The normalized spacial score (nSPS) is 10.4. The molecule has 1 amide bonds. The fourth-order valence-electron chi connectivity index (χ4n) is 2.10. The SMILES string of the molecule is CSc1cccc(NC(=O)c2cc(C)c(C)cc2C)c1. The summed E-state index contributed by atoms with van der Waals surface area (Å²) in [5, 5.41) is 2.97. The number of rotatable bonds is 3. The topological polar surface area (TPSA) is 29.1 Å². The fourth-order valence-corrected chi connectivity index (χ4v) is 2.56. The van der Waals surface area contributed by atoms with Gasteiger partial charge in [-0.3, -0.25) is 4.79 Å². The van der Waals surface area contributed by atoms with Crippen LogP contribution in [0.3, 0.4) is 0 Å². The van der Waals surface area contributed by atoms with Crippen molar-refractivity contribution in [2.24, 2.45) is 0 Å². The van der Waals surface area contributed by atoms with Gasteiger partial charge in [-0.25, -0.2) is 0 Å². The number of hydrogen-bond acceptors (Lipinski definition) is 2. The van der Waals surface area contributed by atoms with E-state index in [0.717, 1.165) is 27.3 Å². The average Bonchev–Trinajstić information content (AvgIpc) is 2.43. The molecule has 0 bridgehead atoms. The molecule has 0 radical (unpaired) electrons. The number of nitrogens with one attached hydrogen (secondary N) is 1. The van der Waals surface area contributed by atoms with Crippen LogP contribution in [0, 0.1) is 20.8 Å². The Kier molecular flexibility index (Phi) is 4.50. The lowest BCUT2D eigenvalue weighted by molar-refractivity contribution is 0.102. The van der Waals surface area contributed by atoms with Crippen molar-refractivity contribution >= 4 is 23.4 Å². The van der Waals surface area contributed by atoms with E-state index in [1.807, 2.05) is 50.4 Å². The Morgan fingerprint density at radius 2 is 1.70 bits per heavy atom. The minimum atomic E-state index is -0.0520. The molecule has 2 aromatic rings. The van der Waals surface area contributed by atoms with Crippen molar-refractivity contribution in [2.75, 3.05) is 11.6 Å². The summed E-state index contributed by atoms with van der Waals surface area (Å²) < 4.78 is 0. The molecule has 1 N–H and O–H groups in total. The number of hydrogen-bond donors (Lipinski definition) is 1. The predicted octanol–water partition coefficient (Wildman–Crippen LogP) is 4.59. The summed E-state index contributed by atoms with van der Waals surface area (Å²) in [5.74, 6) is -0.0520. The maximum Gasteiger partial charge on any atom is 0.255 e. The molecule has 0 saturated carbocycles. The summed E-state index contributed by atoms with van der Waals surface area (Å²) in [5.41, 5.74) is 4.93. The molecule has 20 heavy (non-hydrogen) atoms. The van der Waals surface area contributed by atoms with Gasteiger partial charge in [0.1, 0.15) is 0 Å². The van der Waals surface area contributed by atoms with E-state index in [4.69, 9.17) is 0 Å². The van der Waals surface area contributed by atoms with Crippen molar-refractivity contribution in [1.82, 2.24) is 0 Å². The summed E-state index contributed by atoms with van der Waals surface area (Å²) in [6, 6.07) is 11.9. The molecule has 0 unspecified atom stereocenters. The van der Waals surface area contributed by atoms with Gasteiger partial charge in [-0.05, 0) is 68.0 Å². The van der Waals surface area contributed by atoms with Crippen LogP contribution in [0.2, 0.25) is 0 Å². The van der Waals surface area contributed by atoms with Crippen LogP contribution in [-0.4, -0.2) is 12.2 Å². The van der Waals surface area contributed by atoms with Crippen molar-refractivity contribution in [3.63, 3.8) is 0 Å². The van der Waals surface area contributed by atoms with Crippen LogP contribution < -0.4 is 5.32 Å². The Morgan fingerprint density at radius 1 is 1.00 bits per heavy atom. The van der Waals surface area contributed by atoms with Gasteiger partial charge < -0.3 is 5.32 Å². The molecule has 104 valence electrons. The Labute approximate surface area is 124 Å². The number of amides is 1. The third-order valence-electron chi connectivity index (χ3n) is 3.41. The number of carbonyl (C=O) groups is 1. The van der Waals surface area contributed by atoms with Crippen LogP contribution in [0.15, 0.2) is 41.3 Å². The lowest BCUT2D eigenvalue weighted by Crippen LogP contribution is -2.14. The zero-order valence-corrected chi connectivity index (χ0v) is 13.1. The van der Waals surface area contributed by atoms with E-state index < -0.39 is 0 Å². The fraction of sp³-hybridized carbons (Fsp3) is 0.235. The maximum atomic E-state index is 12.4. The molecule has 0 spiro atoms. The van der Waals surface area contributed by atoms with Crippen molar-refractivity contribution in [3.05, 3.63) is 58.7 Å². The lowest BCUT2D eigenvalue weighted by atomic mass is 10.0. The highest BCUT2D eigenvalue weighted by atomic mass is 32.2. The molecule has 0 atom stereocenters. The van der Waals surface area contributed by atoms with E-state index in [2.05, 4.69) is 18.3 Å². The van der Waals surface area contributed by atoms with Gasteiger partial charge in [0.25, 0.3) is 5.91 Å². The molecular formula is C17H19NOS. The average molecular weight is 285 g/mol. The maximum absolute atomic E-state index is 12.4. The van der Waals surface area contributed by atoms with Gasteiger partial charge in [0.15, 0.2) is 0 Å². The Bertz CT molecular complexity index is 649. The van der Waals surface area contributed by atoms with Crippen LogP contribution in [-0.2, 0) is 0 Å². The highest BCUT2D eigenvalue weighted by Crippen LogP contribution is 2.21. The van der Waals surface area contributed by atoms with Gasteiger partial charge in [-0.2, -0.15) is 0 Å². The molecule has 0 aromatic heterocycles. The molecule has 2 aromatic carbocycles. The van der Waals surface area contributed by atoms with E-state index in [1.165, 1.54) is 5.56 Å². The molecule has 2 nitrogen and oxygen atoms in total. The zero-order chi connectivity index (χ0) is 14.7. The third kappa shape index (κ3) is 3.23. The molecule has 0 heterocycles.